The Kier molecular flexibility index (Phi) is 5.49. The third-order valence-corrected chi connectivity index (χ3v) is 4.67. The van der Waals surface area contributed by atoms with Gasteiger partial charge in [-0.05, 0) is 76.2 Å². The minimum atomic E-state index is -0.147. The number of amides is 1. The van der Waals surface area contributed by atoms with E-state index in [1.807, 2.05) is 52.0 Å². The van der Waals surface area contributed by atoms with E-state index < -0.39 is 0 Å². The Hall–Kier alpha value is -4.00. The van der Waals surface area contributed by atoms with E-state index in [1.54, 1.807) is 41.1 Å². The highest BCUT2D eigenvalue weighted by molar-refractivity contribution is 6.04. The molecule has 0 saturated carbocycles. The lowest BCUT2D eigenvalue weighted by molar-refractivity contribution is 0.102. The highest BCUT2D eigenvalue weighted by Crippen LogP contribution is 2.22. The van der Waals surface area contributed by atoms with Crippen molar-refractivity contribution in [3.63, 3.8) is 0 Å². The van der Waals surface area contributed by atoms with Crippen LogP contribution in [0.25, 0.3) is 5.82 Å². The predicted molar refractivity (Wildman–Crippen MR) is 119 cm³/mol. The number of aryl methyl sites for hydroxylation is 4. The lowest BCUT2D eigenvalue weighted by atomic mass is 10.1. The fourth-order valence-corrected chi connectivity index (χ4v) is 3.38. The number of hydrogen-bond donors (Lipinski definition) is 1. The zero-order chi connectivity index (χ0) is 22.0. The van der Waals surface area contributed by atoms with Crippen molar-refractivity contribution < 1.29 is 9.53 Å². The molecule has 0 spiro atoms. The van der Waals surface area contributed by atoms with Gasteiger partial charge in [0.05, 0.1) is 5.69 Å². The maximum Gasteiger partial charge on any atom is 0.255 e. The van der Waals surface area contributed by atoms with E-state index in [1.165, 1.54) is 0 Å². The van der Waals surface area contributed by atoms with Crippen LogP contribution in [0, 0.1) is 27.7 Å². The van der Waals surface area contributed by atoms with E-state index in [9.17, 15) is 4.79 Å². The van der Waals surface area contributed by atoms with Crippen LogP contribution >= 0.6 is 0 Å². The number of aromatic nitrogens is 4. The Morgan fingerprint density at radius 2 is 1.58 bits per heavy atom. The molecule has 31 heavy (non-hydrogen) atoms. The zero-order valence-electron chi connectivity index (χ0n) is 17.9. The lowest BCUT2D eigenvalue weighted by Gasteiger charge is -2.09. The summed E-state index contributed by atoms with van der Waals surface area (Å²) in [5, 5.41) is 15.6. The number of rotatable bonds is 5. The SMILES string of the molecule is Cc1cc(C)cc(C(=O)Nc2ccc(Oc3ccc(-n4nc(C)cc4C)nn3)cc2)c1. The Bertz CT molecular complexity index is 1210. The number of ether oxygens (including phenoxy) is 1. The van der Waals surface area contributed by atoms with Gasteiger partial charge in [-0.15, -0.1) is 10.2 Å². The van der Waals surface area contributed by atoms with Gasteiger partial charge < -0.3 is 10.1 Å². The van der Waals surface area contributed by atoms with Crippen LogP contribution in [0.15, 0.2) is 60.7 Å². The van der Waals surface area contributed by atoms with Crippen LogP contribution in [0.1, 0.15) is 32.9 Å². The van der Waals surface area contributed by atoms with Gasteiger partial charge in [0.2, 0.25) is 5.88 Å². The molecule has 7 nitrogen and oxygen atoms in total. The summed E-state index contributed by atoms with van der Waals surface area (Å²) in [5.74, 6) is 1.45. The van der Waals surface area contributed by atoms with Crippen molar-refractivity contribution >= 4 is 11.6 Å². The van der Waals surface area contributed by atoms with Crippen LogP contribution in [0.5, 0.6) is 11.6 Å². The highest BCUT2D eigenvalue weighted by atomic mass is 16.5. The quantitative estimate of drug-likeness (QED) is 0.501. The first-order valence-electron chi connectivity index (χ1n) is 9.92. The van der Waals surface area contributed by atoms with Crippen LogP contribution in [0.3, 0.4) is 0 Å². The Labute approximate surface area is 180 Å². The van der Waals surface area contributed by atoms with Crippen molar-refractivity contribution in [3.05, 3.63) is 88.7 Å². The van der Waals surface area contributed by atoms with Crippen molar-refractivity contribution in [1.82, 2.24) is 20.0 Å². The van der Waals surface area contributed by atoms with Crippen LogP contribution in [0.2, 0.25) is 0 Å². The monoisotopic (exact) mass is 413 g/mol. The van der Waals surface area contributed by atoms with Gasteiger partial charge in [0.25, 0.3) is 5.91 Å². The maximum atomic E-state index is 12.5. The molecular formula is C24H23N5O2. The third-order valence-electron chi connectivity index (χ3n) is 4.67. The van der Waals surface area contributed by atoms with Gasteiger partial charge >= 0.3 is 0 Å². The minimum absolute atomic E-state index is 0.147. The van der Waals surface area contributed by atoms with Gasteiger partial charge in [0.15, 0.2) is 5.82 Å². The first kappa shape index (κ1) is 20.3. The number of carbonyl (C=O) groups is 1. The molecule has 4 aromatic rings. The zero-order valence-corrected chi connectivity index (χ0v) is 17.9. The summed E-state index contributed by atoms with van der Waals surface area (Å²) in [4.78, 5) is 12.5. The number of nitrogens with one attached hydrogen (secondary N) is 1. The molecule has 0 atom stereocenters. The van der Waals surface area contributed by atoms with Crippen molar-refractivity contribution in [1.29, 1.82) is 0 Å². The second kappa shape index (κ2) is 8.39. The third kappa shape index (κ3) is 4.78. The van der Waals surface area contributed by atoms with Crippen molar-refractivity contribution in [2.75, 3.05) is 5.32 Å². The van der Waals surface area contributed by atoms with Crippen molar-refractivity contribution in [3.8, 4) is 17.4 Å². The molecule has 1 N–H and O–H groups in total. The highest BCUT2D eigenvalue weighted by Gasteiger charge is 2.09. The van der Waals surface area contributed by atoms with Crippen LogP contribution in [-0.4, -0.2) is 25.9 Å². The number of benzene rings is 2. The molecule has 2 aromatic carbocycles. The fraction of sp³-hybridized carbons (Fsp3) is 0.167. The van der Waals surface area contributed by atoms with E-state index in [0.717, 1.165) is 22.5 Å². The second-order valence-electron chi connectivity index (χ2n) is 7.53. The predicted octanol–water partition coefficient (Wildman–Crippen LogP) is 4.94. The summed E-state index contributed by atoms with van der Waals surface area (Å²) in [6.07, 6.45) is 0. The molecule has 2 heterocycles. The summed E-state index contributed by atoms with van der Waals surface area (Å²) in [6.45, 7) is 7.85. The van der Waals surface area contributed by atoms with Gasteiger partial charge in [0, 0.05) is 23.0 Å². The Balaban J connectivity index is 1.41. The Morgan fingerprint density at radius 1 is 0.871 bits per heavy atom. The standard InChI is InChI=1S/C24H23N5O2/c1-15-11-16(2)13-19(12-15)24(30)25-20-5-7-21(8-6-20)31-23-10-9-22(26-27-23)29-18(4)14-17(3)28-29/h5-14H,1-4H3,(H,25,30). The molecule has 7 heteroatoms. The number of nitrogens with zero attached hydrogens (tertiary/aromatic N) is 4. The van der Waals surface area contributed by atoms with Gasteiger partial charge in [-0.2, -0.15) is 5.10 Å². The van der Waals surface area contributed by atoms with Crippen LogP contribution in [0.4, 0.5) is 5.69 Å². The molecular weight excluding hydrogens is 390 g/mol. The second-order valence-corrected chi connectivity index (χ2v) is 7.53. The molecule has 2 aromatic heterocycles. The molecule has 4 rings (SSSR count). The van der Waals surface area contributed by atoms with Gasteiger partial charge in [-0.3, -0.25) is 4.79 Å². The summed E-state index contributed by atoms with van der Waals surface area (Å²) in [6, 6.07) is 18.4. The van der Waals surface area contributed by atoms with Crippen molar-refractivity contribution in [2.24, 2.45) is 0 Å². The van der Waals surface area contributed by atoms with Crippen molar-refractivity contribution in [2.45, 2.75) is 27.7 Å². The normalized spacial score (nSPS) is 10.7. The molecule has 0 radical (unpaired) electrons. The summed E-state index contributed by atoms with van der Waals surface area (Å²) in [7, 11) is 0. The minimum Gasteiger partial charge on any atom is -0.438 e. The van der Waals surface area contributed by atoms with Crippen LogP contribution < -0.4 is 10.1 Å². The average molecular weight is 413 g/mol. The molecule has 156 valence electrons. The van der Waals surface area contributed by atoms with Crippen LogP contribution in [-0.2, 0) is 0 Å². The van der Waals surface area contributed by atoms with E-state index in [0.29, 0.717) is 28.7 Å². The summed E-state index contributed by atoms with van der Waals surface area (Å²) >= 11 is 0. The largest absolute Gasteiger partial charge is 0.438 e. The first-order chi connectivity index (χ1) is 14.9. The first-order valence-corrected chi connectivity index (χ1v) is 9.92. The lowest BCUT2D eigenvalue weighted by Crippen LogP contribution is -2.12. The van der Waals surface area contributed by atoms with Gasteiger partial charge in [-0.25, -0.2) is 4.68 Å². The van der Waals surface area contributed by atoms with Gasteiger partial charge in [0.1, 0.15) is 5.75 Å². The molecule has 0 saturated heterocycles. The summed E-state index contributed by atoms with van der Waals surface area (Å²) in [5.41, 5.74) is 5.33. The Morgan fingerprint density at radius 3 is 2.16 bits per heavy atom. The molecule has 0 unspecified atom stereocenters. The fourth-order valence-electron chi connectivity index (χ4n) is 3.38. The van der Waals surface area contributed by atoms with E-state index in [-0.39, 0.29) is 5.91 Å². The number of hydrogen-bond acceptors (Lipinski definition) is 5. The molecule has 0 aliphatic carbocycles. The molecule has 0 fully saturated rings. The molecule has 0 aliphatic heterocycles. The number of carbonyl (C=O) groups excluding carboxylic acids is 1. The topological polar surface area (TPSA) is 81.9 Å². The molecule has 0 aliphatic rings. The molecule has 0 bridgehead atoms. The average Bonchev–Trinajstić information content (AvgIpc) is 3.07. The summed E-state index contributed by atoms with van der Waals surface area (Å²) < 4.78 is 7.50. The van der Waals surface area contributed by atoms with E-state index in [4.69, 9.17) is 4.74 Å². The molecule has 1 amide bonds. The van der Waals surface area contributed by atoms with E-state index >= 15 is 0 Å². The smallest absolute Gasteiger partial charge is 0.255 e. The van der Waals surface area contributed by atoms with Gasteiger partial charge in [-0.1, -0.05) is 17.2 Å². The number of anilines is 1. The van der Waals surface area contributed by atoms with E-state index in [2.05, 4.69) is 20.6 Å². The maximum absolute atomic E-state index is 12.5.